The minimum atomic E-state index is -0.719. The van der Waals surface area contributed by atoms with Gasteiger partial charge < -0.3 is 10.4 Å². The number of hydrogen-bond acceptors (Lipinski definition) is 2. The van der Waals surface area contributed by atoms with E-state index in [9.17, 15) is 5.11 Å². The summed E-state index contributed by atoms with van der Waals surface area (Å²) in [4.78, 5) is 0. The Bertz CT molecular complexity index is 341. The van der Waals surface area contributed by atoms with Crippen LogP contribution in [0.25, 0.3) is 0 Å². The third-order valence-electron chi connectivity index (χ3n) is 4.05. The molecule has 1 atom stereocenters. The summed E-state index contributed by atoms with van der Waals surface area (Å²) in [5.41, 5.74) is 0.290. The van der Waals surface area contributed by atoms with Crippen molar-refractivity contribution in [2.45, 2.75) is 57.1 Å². The first-order valence-electron chi connectivity index (χ1n) is 7.20. The standard InChI is InChI=1S/C16H25NO/c1-16(18,14-8-4-2-5-9-14)12-13-17-15-10-6-3-7-11-15/h2,4-5,8-9,15,17-18H,3,6-7,10-13H2,1H3. The Morgan fingerprint density at radius 1 is 1.17 bits per heavy atom. The Hall–Kier alpha value is -0.860. The second kappa shape index (κ2) is 6.35. The first-order valence-corrected chi connectivity index (χ1v) is 7.20. The lowest BCUT2D eigenvalue weighted by Gasteiger charge is -2.27. The maximum Gasteiger partial charge on any atom is 0.0880 e. The average Bonchev–Trinajstić information content (AvgIpc) is 2.41. The van der Waals surface area contributed by atoms with Crippen LogP contribution in [0.15, 0.2) is 30.3 Å². The van der Waals surface area contributed by atoms with E-state index in [1.807, 2.05) is 37.3 Å². The second-order valence-corrected chi connectivity index (χ2v) is 5.68. The Labute approximate surface area is 110 Å². The Morgan fingerprint density at radius 2 is 1.83 bits per heavy atom. The highest BCUT2D eigenvalue weighted by atomic mass is 16.3. The molecular formula is C16H25NO. The van der Waals surface area contributed by atoms with Gasteiger partial charge in [-0.1, -0.05) is 49.6 Å². The molecule has 1 aromatic rings. The van der Waals surface area contributed by atoms with Gasteiger partial charge in [-0.2, -0.15) is 0 Å². The Morgan fingerprint density at radius 3 is 2.50 bits per heavy atom. The number of hydrogen-bond donors (Lipinski definition) is 2. The van der Waals surface area contributed by atoms with E-state index < -0.39 is 5.60 Å². The zero-order chi connectivity index (χ0) is 12.8. The smallest absolute Gasteiger partial charge is 0.0880 e. The van der Waals surface area contributed by atoms with Crippen molar-refractivity contribution in [2.24, 2.45) is 0 Å². The molecule has 1 unspecified atom stereocenters. The van der Waals surface area contributed by atoms with Crippen LogP contribution in [0.4, 0.5) is 0 Å². The van der Waals surface area contributed by atoms with E-state index in [1.54, 1.807) is 0 Å². The molecule has 0 spiro atoms. The molecule has 1 aromatic carbocycles. The Balaban J connectivity index is 1.78. The SMILES string of the molecule is CC(O)(CCNC1CCCCC1)c1ccccc1. The van der Waals surface area contributed by atoms with Crippen molar-refractivity contribution in [3.63, 3.8) is 0 Å². The number of rotatable bonds is 5. The molecule has 2 N–H and O–H groups in total. The normalized spacial score (nSPS) is 20.6. The molecule has 0 saturated heterocycles. The lowest BCUT2D eigenvalue weighted by atomic mass is 9.91. The highest BCUT2D eigenvalue weighted by molar-refractivity contribution is 5.21. The predicted octanol–water partition coefficient (Wildman–Crippen LogP) is 3.21. The largest absolute Gasteiger partial charge is 0.385 e. The third kappa shape index (κ3) is 3.82. The first-order chi connectivity index (χ1) is 8.68. The van der Waals surface area contributed by atoms with Crippen molar-refractivity contribution < 1.29 is 5.11 Å². The van der Waals surface area contributed by atoms with E-state index in [0.717, 1.165) is 18.5 Å². The lowest BCUT2D eigenvalue weighted by Crippen LogP contribution is -2.35. The average molecular weight is 247 g/mol. The molecule has 2 rings (SSSR count). The molecule has 0 aliphatic heterocycles. The molecule has 0 bridgehead atoms. The fourth-order valence-corrected chi connectivity index (χ4v) is 2.77. The molecular weight excluding hydrogens is 222 g/mol. The van der Waals surface area contributed by atoms with Gasteiger partial charge in [-0.05, 0) is 38.3 Å². The molecule has 1 fully saturated rings. The van der Waals surface area contributed by atoms with Crippen LogP contribution in [-0.2, 0) is 5.60 Å². The molecule has 2 heteroatoms. The van der Waals surface area contributed by atoms with Gasteiger partial charge in [0.25, 0.3) is 0 Å². The Kier molecular flexibility index (Phi) is 4.79. The van der Waals surface area contributed by atoms with Gasteiger partial charge in [-0.25, -0.2) is 0 Å². The zero-order valence-corrected chi connectivity index (χ0v) is 11.4. The molecule has 1 aliphatic rings. The zero-order valence-electron chi connectivity index (χ0n) is 11.4. The summed E-state index contributed by atoms with van der Waals surface area (Å²) in [5, 5.41) is 14.1. The lowest BCUT2D eigenvalue weighted by molar-refractivity contribution is 0.0468. The molecule has 0 radical (unpaired) electrons. The van der Waals surface area contributed by atoms with Crippen molar-refractivity contribution in [1.29, 1.82) is 0 Å². The van der Waals surface area contributed by atoms with Gasteiger partial charge >= 0.3 is 0 Å². The van der Waals surface area contributed by atoms with Gasteiger partial charge in [-0.15, -0.1) is 0 Å². The van der Waals surface area contributed by atoms with Gasteiger partial charge in [-0.3, -0.25) is 0 Å². The van der Waals surface area contributed by atoms with Gasteiger partial charge in [0.05, 0.1) is 5.60 Å². The molecule has 0 heterocycles. The number of benzene rings is 1. The van der Waals surface area contributed by atoms with Crippen LogP contribution in [0.1, 0.15) is 51.0 Å². The van der Waals surface area contributed by atoms with E-state index in [1.165, 1.54) is 32.1 Å². The van der Waals surface area contributed by atoms with Gasteiger partial charge in [0.2, 0.25) is 0 Å². The van der Waals surface area contributed by atoms with Crippen molar-refractivity contribution in [2.75, 3.05) is 6.54 Å². The molecule has 1 saturated carbocycles. The summed E-state index contributed by atoms with van der Waals surface area (Å²) in [5.74, 6) is 0. The van der Waals surface area contributed by atoms with E-state index >= 15 is 0 Å². The second-order valence-electron chi connectivity index (χ2n) is 5.68. The van der Waals surface area contributed by atoms with Crippen LogP contribution in [0, 0.1) is 0 Å². The van der Waals surface area contributed by atoms with Crippen LogP contribution in [0.5, 0.6) is 0 Å². The van der Waals surface area contributed by atoms with Crippen molar-refractivity contribution in [1.82, 2.24) is 5.32 Å². The molecule has 0 amide bonds. The molecule has 2 nitrogen and oxygen atoms in total. The fourth-order valence-electron chi connectivity index (χ4n) is 2.77. The minimum absolute atomic E-state index is 0.672. The number of aliphatic hydroxyl groups is 1. The summed E-state index contributed by atoms with van der Waals surface area (Å²) in [7, 11) is 0. The van der Waals surface area contributed by atoms with Crippen molar-refractivity contribution >= 4 is 0 Å². The summed E-state index contributed by atoms with van der Waals surface area (Å²) in [6, 6.07) is 10.6. The van der Waals surface area contributed by atoms with Gasteiger partial charge in [0.15, 0.2) is 0 Å². The van der Waals surface area contributed by atoms with Gasteiger partial charge in [0.1, 0.15) is 0 Å². The number of nitrogens with one attached hydrogen (secondary N) is 1. The maximum absolute atomic E-state index is 10.5. The summed E-state index contributed by atoms with van der Waals surface area (Å²) in [6.07, 6.45) is 7.47. The summed E-state index contributed by atoms with van der Waals surface area (Å²) in [6.45, 7) is 2.80. The first kappa shape index (κ1) is 13.6. The van der Waals surface area contributed by atoms with Crippen molar-refractivity contribution in [3.8, 4) is 0 Å². The van der Waals surface area contributed by atoms with E-state index in [-0.39, 0.29) is 0 Å². The van der Waals surface area contributed by atoms with E-state index in [4.69, 9.17) is 0 Å². The monoisotopic (exact) mass is 247 g/mol. The molecule has 1 aliphatic carbocycles. The van der Waals surface area contributed by atoms with Crippen molar-refractivity contribution in [3.05, 3.63) is 35.9 Å². The highest BCUT2D eigenvalue weighted by Gasteiger charge is 2.22. The topological polar surface area (TPSA) is 32.3 Å². The molecule has 0 aromatic heterocycles. The van der Waals surface area contributed by atoms with Crippen LogP contribution in [-0.4, -0.2) is 17.7 Å². The van der Waals surface area contributed by atoms with Crippen LogP contribution >= 0.6 is 0 Å². The predicted molar refractivity (Wildman–Crippen MR) is 75.5 cm³/mol. The quantitative estimate of drug-likeness (QED) is 0.837. The summed E-state index contributed by atoms with van der Waals surface area (Å²) < 4.78 is 0. The molecule has 100 valence electrons. The van der Waals surface area contributed by atoms with Crippen LogP contribution < -0.4 is 5.32 Å². The van der Waals surface area contributed by atoms with Gasteiger partial charge in [0, 0.05) is 6.04 Å². The highest BCUT2D eigenvalue weighted by Crippen LogP contribution is 2.24. The maximum atomic E-state index is 10.5. The van der Waals surface area contributed by atoms with Crippen LogP contribution in [0.3, 0.4) is 0 Å². The third-order valence-corrected chi connectivity index (χ3v) is 4.05. The molecule has 18 heavy (non-hydrogen) atoms. The minimum Gasteiger partial charge on any atom is -0.385 e. The van der Waals surface area contributed by atoms with E-state index in [2.05, 4.69) is 5.32 Å². The fraction of sp³-hybridized carbons (Fsp3) is 0.625. The summed E-state index contributed by atoms with van der Waals surface area (Å²) >= 11 is 0. The van der Waals surface area contributed by atoms with E-state index in [0.29, 0.717) is 6.04 Å². The van der Waals surface area contributed by atoms with Crippen LogP contribution in [0.2, 0.25) is 0 Å².